The van der Waals surface area contributed by atoms with Crippen molar-refractivity contribution >= 4 is 12.4 Å². The highest BCUT2D eigenvalue weighted by Gasteiger charge is 2.24. The average molecular weight is 332 g/mol. The highest BCUT2D eigenvalue weighted by molar-refractivity contribution is 5.85. The molecule has 2 aromatic carbocycles. The Hall–Kier alpha value is -1.51. The molecule has 23 heavy (non-hydrogen) atoms. The Morgan fingerprint density at radius 2 is 1.57 bits per heavy atom. The van der Waals surface area contributed by atoms with Gasteiger partial charge in [-0.2, -0.15) is 0 Å². The Balaban J connectivity index is 0.00000192. The van der Waals surface area contributed by atoms with Gasteiger partial charge in [0.1, 0.15) is 12.4 Å². The summed E-state index contributed by atoms with van der Waals surface area (Å²) in [5, 5.41) is 0. The molecule has 1 saturated carbocycles. The van der Waals surface area contributed by atoms with E-state index in [4.69, 9.17) is 10.5 Å². The van der Waals surface area contributed by atoms with E-state index in [1.165, 1.54) is 37.7 Å². The minimum absolute atomic E-state index is 0. The maximum absolute atomic E-state index is 6.56. The van der Waals surface area contributed by atoms with Gasteiger partial charge in [-0.3, -0.25) is 0 Å². The molecule has 0 aliphatic heterocycles. The molecule has 1 aliphatic carbocycles. The van der Waals surface area contributed by atoms with Crippen molar-refractivity contribution in [3.8, 4) is 5.75 Å². The van der Waals surface area contributed by atoms with E-state index in [1.807, 2.05) is 30.3 Å². The second-order valence-electron chi connectivity index (χ2n) is 6.24. The van der Waals surface area contributed by atoms with Crippen molar-refractivity contribution < 1.29 is 4.74 Å². The number of hydrogen-bond acceptors (Lipinski definition) is 2. The van der Waals surface area contributed by atoms with Crippen LogP contribution in [0.25, 0.3) is 0 Å². The van der Waals surface area contributed by atoms with Gasteiger partial charge in [0.2, 0.25) is 0 Å². The summed E-state index contributed by atoms with van der Waals surface area (Å²) in [6.45, 7) is 0.592. The van der Waals surface area contributed by atoms with Crippen LogP contribution in [-0.2, 0) is 6.61 Å². The molecule has 2 aromatic rings. The molecule has 0 saturated heterocycles. The summed E-state index contributed by atoms with van der Waals surface area (Å²) in [7, 11) is 0. The third kappa shape index (κ3) is 4.73. The zero-order valence-corrected chi connectivity index (χ0v) is 14.3. The molecule has 0 amide bonds. The van der Waals surface area contributed by atoms with Crippen LogP contribution in [0, 0.1) is 5.92 Å². The third-order valence-electron chi connectivity index (χ3n) is 4.67. The number of ether oxygens (including phenoxy) is 1. The van der Waals surface area contributed by atoms with Gasteiger partial charge >= 0.3 is 0 Å². The molecule has 1 aliphatic rings. The fourth-order valence-corrected chi connectivity index (χ4v) is 3.37. The molecule has 3 heteroatoms. The fraction of sp³-hybridized carbons (Fsp3) is 0.400. The van der Waals surface area contributed by atoms with Crippen LogP contribution in [0.2, 0.25) is 0 Å². The first-order valence-electron chi connectivity index (χ1n) is 8.36. The van der Waals surface area contributed by atoms with Gasteiger partial charge in [0.25, 0.3) is 0 Å². The van der Waals surface area contributed by atoms with Gasteiger partial charge < -0.3 is 10.5 Å². The van der Waals surface area contributed by atoms with Crippen LogP contribution in [-0.4, -0.2) is 0 Å². The number of hydrogen-bond donors (Lipinski definition) is 1. The molecule has 124 valence electrons. The molecule has 0 aromatic heterocycles. The lowest BCUT2D eigenvalue weighted by Gasteiger charge is -2.28. The monoisotopic (exact) mass is 331 g/mol. The van der Waals surface area contributed by atoms with E-state index >= 15 is 0 Å². The molecule has 0 bridgehead atoms. The van der Waals surface area contributed by atoms with Gasteiger partial charge in [0.15, 0.2) is 0 Å². The van der Waals surface area contributed by atoms with E-state index in [0.29, 0.717) is 12.5 Å². The first-order valence-corrected chi connectivity index (χ1v) is 8.36. The van der Waals surface area contributed by atoms with Gasteiger partial charge in [-0.05, 0) is 30.4 Å². The zero-order chi connectivity index (χ0) is 15.2. The van der Waals surface area contributed by atoms with Crippen LogP contribution in [0.5, 0.6) is 5.75 Å². The van der Waals surface area contributed by atoms with Crippen LogP contribution >= 0.6 is 12.4 Å². The predicted octanol–water partition coefficient (Wildman–Crippen LogP) is 5.27. The summed E-state index contributed by atoms with van der Waals surface area (Å²) in [4.78, 5) is 0. The molecular formula is C20H26ClNO. The Kier molecular flexibility index (Phi) is 6.94. The SMILES string of the molecule is Cl.N[C@H](c1ccccc1OCc1ccccc1)C1CCCCC1. The topological polar surface area (TPSA) is 35.2 Å². The molecule has 1 fully saturated rings. The van der Waals surface area contributed by atoms with Crippen LogP contribution in [0.3, 0.4) is 0 Å². The van der Waals surface area contributed by atoms with E-state index in [9.17, 15) is 0 Å². The van der Waals surface area contributed by atoms with Gasteiger partial charge in [-0.25, -0.2) is 0 Å². The quantitative estimate of drug-likeness (QED) is 0.810. The summed E-state index contributed by atoms with van der Waals surface area (Å²) in [6, 6.07) is 18.6. The van der Waals surface area contributed by atoms with Crippen molar-refractivity contribution in [1.82, 2.24) is 0 Å². The van der Waals surface area contributed by atoms with Crippen LogP contribution < -0.4 is 10.5 Å². The molecule has 2 N–H and O–H groups in total. The summed E-state index contributed by atoms with van der Waals surface area (Å²) in [6.07, 6.45) is 6.47. The second kappa shape index (κ2) is 8.95. The van der Waals surface area contributed by atoms with Crippen molar-refractivity contribution in [1.29, 1.82) is 0 Å². The molecule has 3 rings (SSSR count). The van der Waals surface area contributed by atoms with Crippen molar-refractivity contribution in [3.63, 3.8) is 0 Å². The van der Waals surface area contributed by atoms with Crippen molar-refractivity contribution in [2.75, 3.05) is 0 Å². The largest absolute Gasteiger partial charge is 0.489 e. The second-order valence-corrected chi connectivity index (χ2v) is 6.24. The van der Waals surface area contributed by atoms with Gasteiger partial charge in [0.05, 0.1) is 0 Å². The normalized spacial score (nSPS) is 16.4. The minimum Gasteiger partial charge on any atom is -0.489 e. The predicted molar refractivity (Wildman–Crippen MR) is 98.0 cm³/mol. The van der Waals surface area contributed by atoms with Gasteiger partial charge in [-0.15, -0.1) is 12.4 Å². The van der Waals surface area contributed by atoms with E-state index < -0.39 is 0 Å². The summed E-state index contributed by atoms with van der Waals surface area (Å²) < 4.78 is 6.06. The summed E-state index contributed by atoms with van der Waals surface area (Å²) in [5.74, 6) is 1.53. The smallest absolute Gasteiger partial charge is 0.124 e. The number of benzene rings is 2. The molecule has 1 atom stereocenters. The number of rotatable bonds is 5. The van der Waals surface area contributed by atoms with Gasteiger partial charge in [-0.1, -0.05) is 67.8 Å². The lowest BCUT2D eigenvalue weighted by atomic mass is 9.81. The minimum atomic E-state index is 0. The molecule has 2 nitrogen and oxygen atoms in total. The Morgan fingerprint density at radius 1 is 0.913 bits per heavy atom. The standard InChI is InChI=1S/C20H25NO.ClH/c21-20(17-11-5-2-6-12-17)18-13-7-8-14-19(18)22-15-16-9-3-1-4-10-16;/h1,3-4,7-10,13-14,17,20H,2,5-6,11-12,15,21H2;1H/t20-;/m0./s1. The van der Waals surface area contributed by atoms with Crippen molar-refractivity contribution in [3.05, 3.63) is 65.7 Å². The average Bonchev–Trinajstić information content (AvgIpc) is 2.61. The molecule has 0 heterocycles. The fourth-order valence-electron chi connectivity index (χ4n) is 3.37. The van der Waals surface area contributed by atoms with E-state index in [1.54, 1.807) is 0 Å². The lowest BCUT2D eigenvalue weighted by Crippen LogP contribution is -2.24. The highest BCUT2D eigenvalue weighted by Crippen LogP contribution is 2.36. The Labute approximate surface area is 145 Å². The number of para-hydroxylation sites is 1. The molecular weight excluding hydrogens is 306 g/mol. The highest BCUT2D eigenvalue weighted by atomic mass is 35.5. The summed E-state index contributed by atoms with van der Waals surface area (Å²) in [5.41, 5.74) is 8.90. The van der Waals surface area contributed by atoms with Gasteiger partial charge in [0, 0.05) is 11.6 Å². The van der Waals surface area contributed by atoms with Crippen LogP contribution in [0.1, 0.15) is 49.3 Å². The number of nitrogens with two attached hydrogens (primary N) is 1. The molecule has 0 radical (unpaired) electrons. The van der Waals surface area contributed by atoms with Crippen LogP contribution in [0.15, 0.2) is 54.6 Å². The summed E-state index contributed by atoms with van der Waals surface area (Å²) >= 11 is 0. The van der Waals surface area contributed by atoms with Crippen LogP contribution in [0.4, 0.5) is 0 Å². The zero-order valence-electron chi connectivity index (χ0n) is 13.5. The Bertz CT molecular complexity index is 581. The first-order chi connectivity index (χ1) is 10.8. The number of halogens is 1. The van der Waals surface area contributed by atoms with Crippen molar-refractivity contribution in [2.45, 2.75) is 44.8 Å². The van der Waals surface area contributed by atoms with E-state index in [2.05, 4.69) is 24.3 Å². The molecule has 0 unspecified atom stereocenters. The Morgan fingerprint density at radius 3 is 2.30 bits per heavy atom. The van der Waals surface area contributed by atoms with E-state index in [-0.39, 0.29) is 18.4 Å². The van der Waals surface area contributed by atoms with E-state index in [0.717, 1.165) is 11.3 Å². The first kappa shape index (κ1) is 17.8. The lowest BCUT2D eigenvalue weighted by molar-refractivity contribution is 0.279. The maximum atomic E-state index is 6.56. The molecule has 0 spiro atoms. The maximum Gasteiger partial charge on any atom is 0.124 e. The third-order valence-corrected chi connectivity index (χ3v) is 4.67. The van der Waals surface area contributed by atoms with Crippen molar-refractivity contribution in [2.24, 2.45) is 11.7 Å².